The average Bonchev–Trinajstić information content (AvgIpc) is 2.88. The van der Waals surface area contributed by atoms with E-state index in [1.54, 1.807) is 0 Å². The third-order valence-corrected chi connectivity index (χ3v) is 9.37. The molecule has 2 fully saturated rings. The van der Waals surface area contributed by atoms with Gasteiger partial charge in [-0.2, -0.15) is 4.31 Å². The van der Waals surface area contributed by atoms with Crippen molar-refractivity contribution in [3.05, 3.63) is 35.9 Å². The van der Waals surface area contributed by atoms with Crippen molar-refractivity contribution in [2.45, 2.75) is 90.8 Å². The number of urea groups is 1. The first-order chi connectivity index (χ1) is 17.7. The Bertz CT molecular complexity index is 956. The van der Waals surface area contributed by atoms with Crippen molar-refractivity contribution >= 4 is 22.0 Å². The van der Waals surface area contributed by atoms with E-state index in [1.165, 1.54) is 23.6 Å². The van der Waals surface area contributed by atoms with Crippen LogP contribution >= 0.6 is 0 Å². The van der Waals surface area contributed by atoms with Gasteiger partial charge in [-0.3, -0.25) is 4.79 Å². The number of amides is 3. The lowest BCUT2D eigenvalue weighted by Crippen LogP contribution is -2.54. The number of sulfonamides is 1. The first-order valence-corrected chi connectivity index (χ1v) is 15.7. The molecule has 9 heteroatoms. The Balaban J connectivity index is 1.69. The summed E-state index contributed by atoms with van der Waals surface area (Å²) in [5.41, 5.74) is 1.01. The second-order valence-electron chi connectivity index (χ2n) is 11.0. The molecular formula is C28H46N4O4S. The summed E-state index contributed by atoms with van der Waals surface area (Å²) in [6.45, 7) is 7.57. The molecule has 208 valence electrons. The third-order valence-electron chi connectivity index (χ3n) is 7.38. The number of benzene rings is 1. The van der Waals surface area contributed by atoms with Gasteiger partial charge in [-0.15, -0.1) is 0 Å². The van der Waals surface area contributed by atoms with E-state index in [0.29, 0.717) is 45.4 Å². The predicted octanol–water partition coefficient (Wildman–Crippen LogP) is 4.22. The topological polar surface area (TPSA) is 90.0 Å². The largest absolute Gasteiger partial charge is 0.335 e. The minimum atomic E-state index is -3.51. The molecule has 0 spiro atoms. The Morgan fingerprint density at radius 2 is 1.68 bits per heavy atom. The molecule has 37 heavy (non-hydrogen) atoms. The molecule has 2 aliphatic rings. The number of hydrogen-bond acceptors (Lipinski definition) is 4. The van der Waals surface area contributed by atoms with E-state index in [4.69, 9.17) is 0 Å². The highest BCUT2D eigenvalue weighted by molar-refractivity contribution is 7.89. The minimum Gasteiger partial charge on any atom is -0.335 e. The van der Waals surface area contributed by atoms with Crippen molar-refractivity contribution in [2.24, 2.45) is 5.92 Å². The highest BCUT2D eigenvalue weighted by Gasteiger charge is 2.33. The fraction of sp³-hybridized carbons (Fsp3) is 0.714. The van der Waals surface area contributed by atoms with Crippen molar-refractivity contribution in [3.8, 4) is 0 Å². The van der Waals surface area contributed by atoms with Gasteiger partial charge in [0.2, 0.25) is 15.9 Å². The van der Waals surface area contributed by atoms with Gasteiger partial charge in [-0.25, -0.2) is 13.2 Å². The van der Waals surface area contributed by atoms with Crippen LogP contribution in [0.2, 0.25) is 0 Å². The van der Waals surface area contributed by atoms with E-state index in [9.17, 15) is 18.0 Å². The smallest absolute Gasteiger partial charge is 0.317 e. The number of rotatable bonds is 11. The van der Waals surface area contributed by atoms with Crippen molar-refractivity contribution < 1.29 is 18.0 Å². The van der Waals surface area contributed by atoms with Gasteiger partial charge >= 0.3 is 6.03 Å². The number of carbonyl (C=O) groups excluding carboxylic acids is 2. The fourth-order valence-corrected chi connectivity index (χ4v) is 7.01. The molecule has 0 atom stereocenters. The summed E-state index contributed by atoms with van der Waals surface area (Å²) in [7, 11) is -3.51. The maximum Gasteiger partial charge on any atom is 0.317 e. The number of nitrogens with zero attached hydrogens (tertiary/aromatic N) is 3. The molecule has 0 unspecified atom stereocenters. The molecule has 0 bridgehead atoms. The molecule has 1 aromatic carbocycles. The third kappa shape index (κ3) is 8.99. The van der Waals surface area contributed by atoms with Crippen LogP contribution in [0.3, 0.4) is 0 Å². The lowest BCUT2D eigenvalue weighted by Gasteiger charge is -2.40. The molecule has 1 heterocycles. The van der Waals surface area contributed by atoms with Gasteiger partial charge in [0.1, 0.15) is 0 Å². The van der Waals surface area contributed by atoms with Crippen LogP contribution < -0.4 is 5.32 Å². The minimum absolute atomic E-state index is 0.0000495. The maximum absolute atomic E-state index is 13.7. The van der Waals surface area contributed by atoms with E-state index >= 15 is 0 Å². The van der Waals surface area contributed by atoms with Gasteiger partial charge in [0, 0.05) is 38.3 Å². The van der Waals surface area contributed by atoms with Crippen LogP contribution in [0.15, 0.2) is 30.3 Å². The van der Waals surface area contributed by atoms with Crippen LogP contribution in [0.25, 0.3) is 0 Å². The van der Waals surface area contributed by atoms with Crippen LogP contribution in [-0.2, 0) is 21.4 Å². The number of nitrogens with one attached hydrogen (secondary N) is 1. The summed E-state index contributed by atoms with van der Waals surface area (Å²) in [6.07, 6.45) is 7.57. The summed E-state index contributed by atoms with van der Waals surface area (Å²) in [5.74, 6) is -0.0117. The van der Waals surface area contributed by atoms with Crippen molar-refractivity contribution in [1.29, 1.82) is 0 Å². The highest BCUT2D eigenvalue weighted by atomic mass is 32.2. The van der Waals surface area contributed by atoms with Gasteiger partial charge < -0.3 is 15.1 Å². The van der Waals surface area contributed by atoms with Gasteiger partial charge in [0.15, 0.2) is 0 Å². The Kier molecular flexibility index (Phi) is 11.2. The molecule has 1 saturated heterocycles. The number of piperidine rings is 1. The molecule has 3 amide bonds. The van der Waals surface area contributed by atoms with Crippen molar-refractivity contribution in [2.75, 3.05) is 31.9 Å². The zero-order valence-corrected chi connectivity index (χ0v) is 23.7. The second-order valence-corrected chi connectivity index (χ2v) is 13.1. The fourth-order valence-electron chi connectivity index (χ4n) is 5.41. The van der Waals surface area contributed by atoms with Gasteiger partial charge in [-0.05, 0) is 43.6 Å². The SMILES string of the molecule is CCCS(=O)(=O)N(CC(=O)N(Cc1ccccc1)C1CCN(C(=O)NC2CCCCC2)CC1)CC(C)C. The van der Waals surface area contributed by atoms with E-state index in [2.05, 4.69) is 5.32 Å². The number of carbonyl (C=O) groups is 2. The second kappa shape index (κ2) is 14.1. The Morgan fingerprint density at radius 1 is 1.03 bits per heavy atom. The highest BCUT2D eigenvalue weighted by Crippen LogP contribution is 2.22. The summed E-state index contributed by atoms with van der Waals surface area (Å²) >= 11 is 0. The Morgan fingerprint density at radius 3 is 2.27 bits per heavy atom. The summed E-state index contributed by atoms with van der Waals surface area (Å²) in [5, 5.41) is 3.20. The first-order valence-electron chi connectivity index (χ1n) is 14.1. The average molecular weight is 535 g/mol. The van der Waals surface area contributed by atoms with Crippen LogP contribution in [0.4, 0.5) is 4.79 Å². The lowest BCUT2D eigenvalue weighted by molar-refractivity contribution is -0.135. The normalized spacial score (nSPS) is 17.8. The van der Waals surface area contributed by atoms with Gasteiger partial charge in [0.25, 0.3) is 0 Å². The number of likely N-dealkylation sites (tertiary alicyclic amines) is 1. The van der Waals surface area contributed by atoms with Crippen LogP contribution in [0.5, 0.6) is 0 Å². The summed E-state index contributed by atoms with van der Waals surface area (Å²) < 4.78 is 27.3. The zero-order valence-electron chi connectivity index (χ0n) is 22.9. The molecule has 1 saturated carbocycles. The monoisotopic (exact) mass is 534 g/mol. The molecule has 3 rings (SSSR count). The molecule has 1 aliphatic heterocycles. The first kappa shape index (κ1) is 29.4. The van der Waals surface area contributed by atoms with Crippen LogP contribution in [0.1, 0.15) is 77.7 Å². The molecule has 0 radical (unpaired) electrons. The standard InChI is InChI=1S/C28H46N4O4S/c1-4-19-37(35,36)31(20-23(2)3)22-27(33)32(21-24-11-7-5-8-12-24)26-15-17-30(18-16-26)28(34)29-25-13-9-6-10-14-25/h5,7-8,11-12,23,25-26H,4,6,9-10,13-22H2,1-3H3,(H,29,34). The molecule has 0 aromatic heterocycles. The van der Waals surface area contributed by atoms with Crippen LogP contribution in [-0.4, -0.2) is 78.5 Å². The van der Waals surface area contributed by atoms with Crippen molar-refractivity contribution in [3.63, 3.8) is 0 Å². The maximum atomic E-state index is 13.7. The van der Waals surface area contributed by atoms with E-state index < -0.39 is 10.0 Å². The summed E-state index contributed by atoms with van der Waals surface area (Å²) in [6, 6.07) is 10.1. The molecule has 1 aliphatic carbocycles. The molecule has 1 N–H and O–H groups in total. The van der Waals surface area contributed by atoms with E-state index in [0.717, 1.165) is 18.4 Å². The predicted molar refractivity (Wildman–Crippen MR) is 147 cm³/mol. The Labute approximate surface area is 223 Å². The van der Waals surface area contributed by atoms with Crippen LogP contribution in [0, 0.1) is 5.92 Å². The summed E-state index contributed by atoms with van der Waals surface area (Å²) in [4.78, 5) is 30.3. The lowest BCUT2D eigenvalue weighted by atomic mass is 9.95. The van der Waals surface area contributed by atoms with Crippen molar-refractivity contribution in [1.82, 2.24) is 19.4 Å². The quantitative estimate of drug-likeness (QED) is 0.460. The Hall–Kier alpha value is -2.13. The number of hydrogen-bond donors (Lipinski definition) is 1. The van der Waals surface area contributed by atoms with Gasteiger partial charge in [0.05, 0.1) is 12.3 Å². The van der Waals surface area contributed by atoms with E-state index in [-0.39, 0.29) is 42.2 Å². The van der Waals surface area contributed by atoms with Gasteiger partial charge in [-0.1, -0.05) is 70.4 Å². The zero-order chi connectivity index (χ0) is 26.8. The van der Waals surface area contributed by atoms with E-state index in [1.807, 2.05) is 60.9 Å². The molecule has 8 nitrogen and oxygen atoms in total. The molecular weight excluding hydrogens is 488 g/mol. The molecule has 1 aromatic rings.